The van der Waals surface area contributed by atoms with Gasteiger partial charge in [0.15, 0.2) is 5.82 Å². The average molecular weight is 136 g/mol. The number of anilines is 2. The third-order valence-corrected chi connectivity index (χ3v) is 1.53. The highest BCUT2D eigenvalue weighted by Crippen LogP contribution is 2.24. The summed E-state index contributed by atoms with van der Waals surface area (Å²) in [5, 5.41) is 0. The van der Waals surface area contributed by atoms with Crippen LogP contribution in [0.2, 0.25) is 0 Å². The van der Waals surface area contributed by atoms with Crippen LogP contribution in [0.15, 0.2) is 12.3 Å². The van der Waals surface area contributed by atoms with Crippen molar-refractivity contribution in [3.05, 3.63) is 17.8 Å². The van der Waals surface area contributed by atoms with Gasteiger partial charge in [-0.05, 0) is 18.6 Å². The summed E-state index contributed by atoms with van der Waals surface area (Å²) in [5.41, 5.74) is 10.8. The molecule has 0 saturated heterocycles. The molecule has 0 unspecified atom stereocenters. The van der Waals surface area contributed by atoms with Gasteiger partial charge in [-0.3, -0.25) is 5.43 Å². The molecule has 2 rings (SSSR count). The Morgan fingerprint density at radius 1 is 1.40 bits per heavy atom. The second-order valence-corrected chi connectivity index (χ2v) is 2.23. The quantitative estimate of drug-likeness (QED) is 0.490. The van der Waals surface area contributed by atoms with Gasteiger partial charge in [0, 0.05) is 6.20 Å². The summed E-state index contributed by atoms with van der Waals surface area (Å²) < 4.78 is 0. The molecule has 4 nitrogen and oxygen atoms in total. The van der Waals surface area contributed by atoms with Crippen LogP contribution in [0.25, 0.3) is 0 Å². The Morgan fingerprint density at radius 3 is 3.10 bits per heavy atom. The number of aromatic nitrogens is 1. The minimum absolute atomic E-state index is 0.861. The zero-order valence-corrected chi connectivity index (χ0v) is 5.60. The van der Waals surface area contributed by atoms with Crippen molar-refractivity contribution in [2.24, 2.45) is 0 Å². The third-order valence-electron chi connectivity index (χ3n) is 1.53. The predicted octanol–water partition coefficient (Wildman–Crippen LogP) is 0.647. The lowest BCUT2D eigenvalue weighted by molar-refractivity contribution is 0.998. The number of rotatable bonds is 0. The molecule has 0 spiro atoms. The van der Waals surface area contributed by atoms with E-state index in [1.807, 2.05) is 13.0 Å². The van der Waals surface area contributed by atoms with Crippen molar-refractivity contribution >= 4 is 11.5 Å². The van der Waals surface area contributed by atoms with E-state index in [1.165, 1.54) is 5.56 Å². The van der Waals surface area contributed by atoms with Gasteiger partial charge in [0.1, 0.15) is 0 Å². The van der Waals surface area contributed by atoms with Crippen molar-refractivity contribution < 1.29 is 0 Å². The summed E-state index contributed by atoms with van der Waals surface area (Å²) in [7, 11) is 0. The maximum atomic E-state index is 4.08. The molecule has 1 aliphatic rings. The van der Waals surface area contributed by atoms with Gasteiger partial charge >= 0.3 is 0 Å². The normalized spacial score (nSPS) is 13.7. The summed E-state index contributed by atoms with van der Waals surface area (Å²) in [4.78, 5) is 4.08. The number of nitrogens with one attached hydrogen (secondary N) is 3. The van der Waals surface area contributed by atoms with E-state index in [0.717, 1.165) is 11.5 Å². The maximum Gasteiger partial charge on any atom is 0.166 e. The van der Waals surface area contributed by atoms with Gasteiger partial charge in [0.05, 0.1) is 5.69 Å². The van der Waals surface area contributed by atoms with Crippen molar-refractivity contribution in [2.75, 3.05) is 10.9 Å². The van der Waals surface area contributed by atoms with Crippen LogP contribution in [0.1, 0.15) is 5.56 Å². The van der Waals surface area contributed by atoms with E-state index in [9.17, 15) is 0 Å². The van der Waals surface area contributed by atoms with Gasteiger partial charge in [-0.15, -0.1) is 5.53 Å². The van der Waals surface area contributed by atoms with E-state index in [2.05, 4.69) is 21.4 Å². The summed E-state index contributed by atoms with van der Waals surface area (Å²) in [6, 6.07) is 1.96. The van der Waals surface area contributed by atoms with Crippen molar-refractivity contribution in [3.8, 4) is 0 Å². The first kappa shape index (κ1) is 5.49. The summed E-state index contributed by atoms with van der Waals surface area (Å²) >= 11 is 0. The molecule has 0 radical (unpaired) electrons. The highest BCUT2D eigenvalue weighted by molar-refractivity contribution is 5.70. The fourth-order valence-electron chi connectivity index (χ4n) is 0.964. The Balaban J connectivity index is 2.59. The van der Waals surface area contributed by atoms with Crippen LogP contribution in [0.4, 0.5) is 11.5 Å². The second-order valence-electron chi connectivity index (χ2n) is 2.23. The van der Waals surface area contributed by atoms with Gasteiger partial charge in [-0.25, -0.2) is 4.98 Å². The number of hydrogen-bond acceptors (Lipinski definition) is 4. The van der Waals surface area contributed by atoms with E-state index in [-0.39, 0.29) is 0 Å². The molecule has 1 aromatic rings. The molecule has 1 aromatic heterocycles. The molecule has 0 bridgehead atoms. The second kappa shape index (κ2) is 1.85. The van der Waals surface area contributed by atoms with Crippen LogP contribution in [-0.2, 0) is 0 Å². The fourth-order valence-corrected chi connectivity index (χ4v) is 0.964. The lowest BCUT2D eigenvalue weighted by atomic mass is 10.2. The van der Waals surface area contributed by atoms with E-state index >= 15 is 0 Å². The van der Waals surface area contributed by atoms with Crippen molar-refractivity contribution in [1.82, 2.24) is 10.5 Å². The standard InChI is InChI=1S/C6H8N4/c1-4-2-3-7-6-5(4)8-10-9-6/h2-3,8,10H,1H3,(H,7,9). The number of aryl methyl sites for hydroxylation is 1. The van der Waals surface area contributed by atoms with Crippen LogP contribution in [0.3, 0.4) is 0 Å². The average Bonchev–Trinajstić information content (AvgIpc) is 2.36. The van der Waals surface area contributed by atoms with Crippen LogP contribution in [0.5, 0.6) is 0 Å². The topological polar surface area (TPSA) is 49.0 Å². The zero-order valence-electron chi connectivity index (χ0n) is 5.60. The fraction of sp³-hybridized carbons (Fsp3) is 0.167. The molecule has 0 fully saturated rings. The molecule has 0 saturated carbocycles. The molecule has 10 heavy (non-hydrogen) atoms. The van der Waals surface area contributed by atoms with Crippen LogP contribution in [-0.4, -0.2) is 4.98 Å². The van der Waals surface area contributed by atoms with Crippen molar-refractivity contribution in [2.45, 2.75) is 6.92 Å². The zero-order chi connectivity index (χ0) is 6.97. The summed E-state index contributed by atoms with van der Waals surface area (Å²) in [6.45, 7) is 2.03. The number of hydrogen-bond donors (Lipinski definition) is 3. The Morgan fingerprint density at radius 2 is 2.30 bits per heavy atom. The van der Waals surface area contributed by atoms with Gasteiger partial charge in [0.25, 0.3) is 0 Å². The largest absolute Gasteiger partial charge is 0.300 e. The first-order chi connectivity index (χ1) is 4.88. The first-order valence-corrected chi connectivity index (χ1v) is 3.10. The lowest BCUT2D eigenvalue weighted by Gasteiger charge is -1.97. The van der Waals surface area contributed by atoms with Gasteiger partial charge < -0.3 is 5.43 Å². The molecule has 4 heteroatoms. The molecular weight excluding hydrogens is 128 g/mol. The molecular formula is C6H8N4. The molecule has 52 valence electrons. The monoisotopic (exact) mass is 136 g/mol. The highest BCUT2D eigenvalue weighted by Gasteiger charge is 2.10. The molecule has 2 heterocycles. The number of fused-ring (bicyclic) bond motifs is 1. The molecule has 0 aliphatic carbocycles. The Labute approximate surface area is 58.6 Å². The number of nitrogens with zero attached hydrogens (tertiary/aromatic N) is 1. The van der Waals surface area contributed by atoms with E-state index in [0.29, 0.717) is 0 Å². The Hall–Kier alpha value is -1.29. The predicted molar refractivity (Wildman–Crippen MR) is 39.4 cm³/mol. The minimum Gasteiger partial charge on any atom is -0.300 e. The van der Waals surface area contributed by atoms with Gasteiger partial charge in [-0.2, -0.15) is 0 Å². The summed E-state index contributed by atoms with van der Waals surface area (Å²) in [6.07, 6.45) is 1.77. The minimum atomic E-state index is 0.861. The van der Waals surface area contributed by atoms with E-state index in [1.54, 1.807) is 6.20 Å². The van der Waals surface area contributed by atoms with E-state index in [4.69, 9.17) is 0 Å². The molecule has 3 N–H and O–H groups in total. The summed E-state index contributed by atoms with van der Waals surface area (Å²) in [5.74, 6) is 0.861. The smallest absolute Gasteiger partial charge is 0.166 e. The van der Waals surface area contributed by atoms with Crippen molar-refractivity contribution in [1.29, 1.82) is 0 Å². The molecule has 1 aliphatic heterocycles. The van der Waals surface area contributed by atoms with Gasteiger partial charge in [0.2, 0.25) is 0 Å². The number of pyridine rings is 1. The molecule has 0 atom stereocenters. The van der Waals surface area contributed by atoms with E-state index < -0.39 is 0 Å². The number of hydrazine groups is 2. The lowest BCUT2D eigenvalue weighted by Crippen LogP contribution is -2.19. The van der Waals surface area contributed by atoms with Crippen LogP contribution in [0, 0.1) is 6.92 Å². The Bertz CT molecular complexity index is 258. The van der Waals surface area contributed by atoms with Crippen LogP contribution >= 0.6 is 0 Å². The van der Waals surface area contributed by atoms with Crippen molar-refractivity contribution in [3.63, 3.8) is 0 Å². The highest BCUT2D eigenvalue weighted by atomic mass is 15.6. The Kier molecular flexibility index (Phi) is 1.01. The molecule has 0 aromatic carbocycles. The van der Waals surface area contributed by atoms with Crippen LogP contribution < -0.4 is 16.4 Å². The van der Waals surface area contributed by atoms with Gasteiger partial charge in [-0.1, -0.05) is 0 Å². The molecule has 0 amide bonds. The maximum absolute atomic E-state index is 4.08. The third kappa shape index (κ3) is 0.625. The first-order valence-electron chi connectivity index (χ1n) is 3.10. The SMILES string of the molecule is Cc1ccnc2c1NNN2.